The zero-order valence-electron chi connectivity index (χ0n) is 13.5. The third-order valence-electron chi connectivity index (χ3n) is 3.82. The van der Waals surface area contributed by atoms with Gasteiger partial charge in [-0.15, -0.1) is 0 Å². The standard InChI is InChI=1S/C21H16N2S.H2O/c1-2-6-17(7-3-1)24-18-12-10-16(11-13-18)19-14-15-22-20-8-4-5-9-21(20)23-19;/h1-13,15H,14H2;1H2/p-1. The molecule has 124 valence electrons. The lowest BCUT2D eigenvalue weighted by atomic mass is 10.1. The highest BCUT2D eigenvalue weighted by Crippen LogP contribution is 2.31. The van der Waals surface area contributed by atoms with Crippen molar-refractivity contribution in [3.8, 4) is 0 Å². The van der Waals surface area contributed by atoms with Crippen LogP contribution in [0.15, 0.2) is 98.6 Å². The van der Waals surface area contributed by atoms with Gasteiger partial charge in [-0.1, -0.05) is 54.2 Å². The second kappa shape index (κ2) is 7.92. The topological polar surface area (TPSA) is 54.7 Å². The van der Waals surface area contributed by atoms with Crippen LogP contribution in [0.4, 0.5) is 11.4 Å². The van der Waals surface area contributed by atoms with Gasteiger partial charge >= 0.3 is 0 Å². The minimum absolute atomic E-state index is 0. The fraction of sp³-hybridized carbons (Fsp3) is 0.0476. The Morgan fingerprint density at radius 2 is 1.32 bits per heavy atom. The molecular weight excluding hydrogens is 328 g/mol. The lowest BCUT2D eigenvalue weighted by Crippen LogP contribution is -2.00. The monoisotopic (exact) mass is 345 g/mol. The maximum absolute atomic E-state index is 4.81. The van der Waals surface area contributed by atoms with E-state index in [0.29, 0.717) is 0 Å². The van der Waals surface area contributed by atoms with Gasteiger partial charge in [-0.05, 0) is 42.0 Å². The molecule has 0 atom stereocenters. The number of hydrogen-bond donors (Lipinski definition) is 0. The zero-order valence-corrected chi connectivity index (χ0v) is 14.4. The molecule has 4 heteroatoms. The molecule has 3 aromatic carbocycles. The Labute approximate surface area is 151 Å². The normalized spacial score (nSPS) is 12.6. The highest BCUT2D eigenvalue weighted by atomic mass is 32.2. The number of hydrogen-bond acceptors (Lipinski definition) is 4. The third kappa shape index (κ3) is 4.05. The highest BCUT2D eigenvalue weighted by Gasteiger charge is 2.09. The predicted octanol–water partition coefficient (Wildman–Crippen LogP) is 5.89. The number of aliphatic imine (C=N–C) groups is 2. The van der Waals surface area contributed by atoms with Crippen LogP contribution in [0.25, 0.3) is 0 Å². The molecular formula is C21H17N2OS-. The molecule has 0 saturated heterocycles. The Kier molecular flexibility index (Phi) is 5.43. The van der Waals surface area contributed by atoms with Crippen molar-refractivity contribution < 1.29 is 5.48 Å². The van der Waals surface area contributed by atoms with Gasteiger partial charge in [0, 0.05) is 22.4 Å². The van der Waals surface area contributed by atoms with Gasteiger partial charge in [0.1, 0.15) is 0 Å². The van der Waals surface area contributed by atoms with E-state index < -0.39 is 0 Å². The van der Waals surface area contributed by atoms with E-state index in [1.165, 1.54) is 9.79 Å². The van der Waals surface area contributed by atoms with Crippen molar-refractivity contribution in [1.29, 1.82) is 0 Å². The molecule has 0 saturated carbocycles. The first-order valence-corrected chi connectivity index (χ1v) is 8.72. The Hall–Kier alpha value is -2.69. The molecule has 0 aliphatic carbocycles. The number of para-hydroxylation sites is 2. The van der Waals surface area contributed by atoms with Crippen LogP contribution in [0.1, 0.15) is 12.0 Å². The van der Waals surface area contributed by atoms with Crippen LogP contribution in [-0.2, 0) is 0 Å². The van der Waals surface area contributed by atoms with Gasteiger partial charge in [-0.3, -0.25) is 9.98 Å². The SMILES string of the molecule is C1=Nc2ccccc2N=C(c2ccc(Sc3ccccc3)cc2)C1.[OH-]. The van der Waals surface area contributed by atoms with Crippen LogP contribution < -0.4 is 0 Å². The quantitative estimate of drug-likeness (QED) is 0.594. The summed E-state index contributed by atoms with van der Waals surface area (Å²) in [7, 11) is 0. The minimum atomic E-state index is 0. The molecule has 1 heterocycles. The summed E-state index contributed by atoms with van der Waals surface area (Å²) >= 11 is 1.77. The van der Waals surface area contributed by atoms with Crippen LogP contribution in [-0.4, -0.2) is 17.4 Å². The van der Waals surface area contributed by atoms with Gasteiger partial charge in [0.25, 0.3) is 0 Å². The van der Waals surface area contributed by atoms with Crippen molar-refractivity contribution in [2.24, 2.45) is 9.98 Å². The van der Waals surface area contributed by atoms with Crippen LogP contribution in [0.5, 0.6) is 0 Å². The molecule has 1 N–H and O–H groups in total. The molecule has 4 rings (SSSR count). The van der Waals surface area contributed by atoms with E-state index in [-0.39, 0.29) is 5.48 Å². The molecule has 0 spiro atoms. The van der Waals surface area contributed by atoms with E-state index >= 15 is 0 Å². The largest absolute Gasteiger partial charge is 0.870 e. The highest BCUT2D eigenvalue weighted by molar-refractivity contribution is 7.99. The summed E-state index contributed by atoms with van der Waals surface area (Å²) in [6, 6.07) is 27.0. The third-order valence-corrected chi connectivity index (χ3v) is 4.83. The molecule has 0 aromatic heterocycles. The molecule has 3 nitrogen and oxygen atoms in total. The summed E-state index contributed by atoms with van der Waals surface area (Å²) < 4.78 is 0. The maximum Gasteiger partial charge on any atom is 0.0889 e. The predicted molar refractivity (Wildman–Crippen MR) is 104 cm³/mol. The van der Waals surface area contributed by atoms with E-state index in [1.807, 2.05) is 36.5 Å². The fourth-order valence-electron chi connectivity index (χ4n) is 2.61. The molecule has 1 aliphatic heterocycles. The lowest BCUT2D eigenvalue weighted by molar-refractivity contribution is 0.824. The molecule has 25 heavy (non-hydrogen) atoms. The Balaban J connectivity index is 0.00000182. The van der Waals surface area contributed by atoms with Crippen LogP contribution >= 0.6 is 11.8 Å². The first-order chi connectivity index (χ1) is 11.9. The van der Waals surface area contributed by atoms with E-state index in [1.54, 1.807) is 11.8 Å². The van der Waals surface area contributed by atoms with Crippen LogP contribution in [0, 0.1) is 0 Å². The molecule has 0 fully saturated rings. The minimum Gasteiger partial charge on any atom is -0.870 e. The number of fused-ring (bicyclic) bond motifs is 1. The molecule has 1 aliphatic rings. The lowest BCUT2D eigenvalue weighted by Gasteiger charge is -2.06. The Bertz CT molecular complexity index is 903. The summed E-state index contributed by atoms with van der Waals surface area (Å²) in [5, 5.41) is 0. The maximum atomic E-state index is 4.81. The smallest absolute Gasteiger partial charge is 0.0889 e. The summed E-state index contributed by atoms with van der Waals surface area (Å²) in [5.41, 5.74) is 4.07. The molecule has 3 aromatic rings. The van der Waals surface area contributed by atoms with Gasteiger partial charge in [0.15, 0.2) is 0 Å². The van der Waals surface area contributed by atoms with Crippen molar-refractivity contribution in [3.63, 3.8) is 0 Å². The van der Waals surface area contributed by atoms with Crippen molar-refractivity contribution in [2.75, 3.05) is 0 Å². The van der Waals surface area contributed by atoms with Crippen LogP contribution in [0.2, 0.25) is 0 Å². The molecule has 0 unspecified atom stereocenters. The van der Waals surface area contributed by atoms with Gasteiger partial charge < -0.3 is 5.48 Å². The fourth-order valence-corrected chi connectivity index (χ4v) is 3.45. The van der Waals surface area contributed by atoms with Crippen molar-refractivity contribution in [1.82, 2.24) is 0 Å². The number of nitrogens with zero attached hydrogens (tertiary/aromatic N) is 2. The van der Waals surface area contributed by atoms with Gasteiger partial charge in [0.2, 0.25) is 0 Å². The summed E-state index contributed by atoms with van der Waals surface area (Å²) in [6.45, 7) is 0. The van der Waals surface area contributed by atoms with Crippen LogP contribution in [0.3, 0.4) is 0 Å². The van der Waals surface area contributed by atoms with Crippen molar-refractivity contribution >= 4 is 35.1 Å². The van der Waals surface area contributed by atoms with E-state index in [9.17, 15) is 0 Å². The Morgan fingerprint density at radius 3 is 2.08 bits per heavy atom. The first kappa shape index (κ1) is 17.1. The molecule has 0 amide bonds. The zero-order chi connectivity index (χ0) is 16.2. The Morgan fingerprint density at radius 1 is 0.680 bits per heavy atom. The van der Waals surface area contributed by atoms with E-state index in [4.69, 9.17) is 4.99 Å². The number of rotatable bonds is 3. The molecule has 0 radical (unpaired) electrons. The van der Waals surface area contributed by atoms with Gasteiger partial charge in [-0.25, -0.2) is 0 Å². The van der Waals surface area contributed by atoms with Gasteiger partial charge in [-0.2, -0.15) is 0 Å². The van der Waals surface area contributed by atoms with Crippen molar-refractivity contribution in [3.05, 3.63) is 84.4 Å². The van der Waals surface area contributed by atoms with E-state index in [2.05, 4.69) is 53.5 Å². The molecule has 0 bridgehead atoms. The number of benzene rings is 3. The second-order valence-electron chi connectivity index (χ2n) is 5.50. The first-order valence-electron chi connectivity index (χ1n) is 7.91. The van der Waals surface area contributed by atoms with Gasteiger partial charge in [0.05, 0.1) is 17.1 Å². The second-order valence-corrected chi connectivity index (χ2v) is 6.65. The van der Waals surface area contributed by atoms with Crippen molar-refractivity contribution in [2.45, 2.75) is 16.2 Å². The average Bonchev–Trinajstić information content (AvgIpc) is 2.86. The summed E-state index contributed by atoms with van der Waals surface area (Å²) in [6.07, 6.45) is 2.69. The summed E-state index contributed by atoms with van der Waals surface area (Å²) in [5.74, 6) is 0. The summed E-state index contributed by atoms with van der Waals surface area (Å²) in [4.78, 5) is 11.8. The van der Waals surface area contributed by atoms with E-state index in [0.717, 1.165) is 29.1 Å². The average molecular weight is 345 g/mol.